The Morgan fingerprint density at radius 1 is 1.36 bits per heavy atom. The number of hydrogen-bond donors (Lipinski definition) is 2. The van der Waals surface area contributed by atoms with Crippen LogP contribution in [0.25, 0.3) is 0 Å². The Kier molecular flexibility index (Phi) is 4.55. The van der Waals surface area contributed by atoms with Gasteiger partial charge in [0.15, 0.2) is 0 Å². The zero-order valence-electron chi connectivity index (χ0n) is 7.40. The second-order valence-corrected chi connectivity index (χ2v) is 3.13. The van der Waals surface area contributed by atoms with E-state index < -0.39 is 0 Å². The highest BCUT2D eigenvalue weighted by molar-refractivity contribution is 4.78. The number of nitrogens with one attached hydrogen (secondary N) is 2. The summed E-state index contributed by atoms with van der Waals surface area (Å²) in [4.78, 5) is 0. The molecule has 1 aliphatic heterocycles. The van der Waals surface area contributed by atoms with E-state index in [0.717, 1.165) is 13.1 Å². The minimum atomic E-state index is 0.562. The zero-order valence-corrected chi connectivity index (χ0v) is 7.40. The topological polar surface area (TPSA) is 24.1 Å². The first-order valence-electron chi connectivity index (χ1n) is 4.72. The summed E-state index contributed by atoms with van der Waals surface area (Å²) in [6, 6.07) is 0. The minimum absolute atomic E-state index is 0.562. The predicted octanol–water partition coefficient (Wildman–Crippen LogP) is 1.29. The number of rotatable bonds is 5. The molecule has 0 atom stereocenters. The molecule has 0 aromatic carbocycles. The molecule has 1 radical (unpaired) electrons. The average molecular weight is 155 g/mol. The molecule has 0 unspecified atom stereocenters. The van der Waals surface area contributed by atoms with E-state index in [-0.39, 0.29) is 0 Å². The summed E-state index contributed by atoms with van der Waals surface area (Å²) in [5.41, 5.74) is 0. The van der Waals surface area contributed by atoms with Gasteiger partial charge in [-0.1, -0.05) is 26.2 Å². The van der Waals surface area contributed by atoms with Crippen molar-refractivity contribution in [3.8, 4) is 0 Å². The van der Waals surface area contributed by atoms with Crippen molar-refractivity contribution in [2.45, 2.75) is 38.8 Å². The van der Waals surface area contributed by atoms with Gasteiger partial charge in [0.25, 0.3) is 0 Å². The van der Waals surface area contributed by atoms with Crippen LogP contribution in [0.1, 0.15) is 32.6 Å². The summed E-state index contributed by atoms with van der Waals surface area (Å²) in [6.45, 7) is 4.50. The Balaban J connectivity index is 1.86. The Hall–Kier alpha value is -0.0800. The highest BCUT2D eigenvalue weighted by Gasteiger charge is 2.10. The molecule has 0 bridgehead atoms. The van der Waals surface area contributed by atoms with E-state index in [4.69, 9.17) is 0 Å². The molecule has 0 aliphatic carbocycles. The van der Waals surface area contributed by atoms with Gasteiger partial charge in [-0.2, -0.15) is 0 Å². The van der Waals surface area contributed by atoms with Crippen LogP contribution in [-0.2, 0) is 0 Å². The Morgan fingerprint density at radius 3 is 2.73 bits per heavy atom. The van der Waals surface area contributed by atoms with Crippen LogP contribution in [0.3, 0.4) is 0 Å². The fourth-order valence-corrected chi connectivity index (χ4v) is 1.36. The van der Waals surface area contributed by atoms with E-state index >= 15 is 0 Å². The third-order valence-corrected chi connectivity index (χ3v) is 2.07. The summed E-state index contributed by atoms with van der Waals surface area (Å²) in [6.07, 6.45) is 8.05. The molecular formula is C9H19N2. The lowest BCUT2D eigenvalue weighted by molar-refractivity contribution is 0.533. The second-order valence-electron chi connectivity index (χ2n) is 3.13. The van der Waals surface area contributed by atoms with Gasteiger partial charge < -0.3 is 10.6 Å². The van der Waals surface area contributed by atoms with Gasteiger partial charge in [-0.3, -0.25) is 0 Å². The normalized spacial score (nSPS) is 19.4. The Morgan fingerprint density at radius 2 is 2.09 bits per heavy atom. The van der Waals surface area contributed by atoms with E-state index in [2.05, 4.69) is 24.0 Å². The number of hydrogen-bond acceptors (Lipinski definition) is 2. The van der Waals surface area contributed by atoms with Gasteiger partial charge in [0, 0.05) is 13.1 Å². The first-order chi connectivity index (χ1) is 5.43. The van der Waals surface area contributed by atoms with Gasteiger partial charge in [0.1, 0.15) is 0 Å². The van der Waals surface area contributed by atoms with Crippen LogP contribution in [0, 0.1) is 6.42 Å². The highest BCUT2D eigenvalue weighted by atomic mass is 15.2. The van der Waals surface area contributed by atoms with Crippen molar-refractivity contribution in [1.82, 2.24) is 10.6 Å². The van der Waals surface area contributed by atoms with E-state index in [0.29, 0.717) is 6.17 Å². The lowest BCUT2D eigenvalue weighted by atomic mass is 10.1. The third-order valence-electron chi connectivity index (χ3n) is 2.07. The maximum Gasteiger partial charge on any atom is 0.0575 e. The molecule has 1 saturated heterocycles. The van der Waals surface area contributed by atoms with Crippen LogP contribution < -0.4 is 10.6 Å². The summed E-state index contributed by atoms with van der Waals surface area (Å²) in [5.74, 6) is 0. The zero-order chi connectivity index (χ0) is 7.94. The molecule has 1 fully saturated rings. The maximum absolute atomic E-state index is 3.39. The second kappa shape index (κ2) is 5.56. The van der Waals surface area contributed by atoms with Gasteiger partial charge in [0.05, 0.1) is 6.17 Å². The standard InChI is InChI=1S/C9H19N2/c1-2-3-4-5-6-9-10-7-8-11-9/h5,9-11H,2-4,6-8H2,1H3. The predicted molar refractivity (Wildman–Crippen MR) is 48.2 cm³/mol. The quantitative estimate of drug-likeness (QED) is 0.585. The monoisotopic (exact) mass is 155 g/mol. The third kappa shape index (κ3) is 3.73. The van der Waals surface area contributed by atoms with Crippen LogP contribution in [-0.4, -0.2) is 19.3 Å². The molecule has 1 rings (SSSR count). The molecular weight excluding hydrogens is 136 g/mol. The molecule has 2 heteroatoms. The first-order valence-corrected chi connectivity index (χ1v) is 4.72. The smallest absolute Gasteiger partial charge is 0.0575 e. The molecule has 11 heavy (non-hydrogen) atoms. The fourth-order valence-electron chi connectivity index (χ4n) is 1.36. The Bertz CT molecular complexity index is 87.6. The molecule has 0 aromatic heterocycles. The molecule has 2 N–H and O–H groups in total. The van der Waals surface area contributed by atoms with Gasteiger partial charge in [0.2, 0.25) is 0 Å². The van der Waals surface area contributed by atoms with Gasteiger partial charge in [-0.05, 0) is 12.8 Å². The summed E-state index contributed by atoms with van der Waals surface area (Å²) in [7, 11) is 0. The van der Waals surface area contributed by atoms with Crippen molar-refractivity contribution in [2.24, 2.45) is 0 Å². The largest absolute Gasteiger partial charge is 0.301 e. The first kappa shape index (κ1) is 9.01. The van der Waals surface area contributed by atoms with Crippen LogP contribution in [0.4, 0.5) is 0 Å². The van der Waals surface area contributed by atoms with Gasteiger partial charge >= 0.3 is 0 Å². The summed E-state index contributed by atoms with van der Waals surface area (Å²) >= 11 is 0. The van der Waals surface area contributed by atoms with E-state index in [1.807, 2.05) is 0 Å². The fraction of sp³-hybridized carbons (Fsp3) is 0.889. The molecule has 0 aromatic rings. The molecule has 0 amide bonds. The SMILES string of the molecule is CCCC[CH]CC1NCCN1. The van der Waals surface area contributed by atoms with Crippen molar-refractivity contribution in [3.63, 3.8) is 0 Å². The average Bonchev–Trinajstić information content (AvgIpc) is 2.50. The van der Waals surface area contributed by atoms with Crippen LogP contribution in [0.2, 0.25) is 0 Å². The molecule has 65 valence electrons. The Labute approximate surface area is 69.8 Å². The van der Waals surface area contributed by atoms with Gasteiger partial charge in [-0.25, -0.2) is 0 Å². The van der Waals surface area contributed by atoms with Crippen LogP contribution in [0.15, 0.2) is 0 Å². The van der Waals surface area contributed by atoms with E-state index in [1.54, 1.807) is 0 Å². The lowest BCUT2D eigenvalue weighted by Crippen LogP contribution is -2.30. The van der Waals surface area contributed by atoms with Crippen molar-refractivity contribution >= 4 is 0 Å². The van der Waals surface area contributed by atoms with Crippen molar-refractivity contribution in [1.29, 1.82) is 0 Å². The molecule has 1 aliphatic rings. The molecule has 0 saturated carbocycles. The van der Waals surface area contributed by atoms with Crippen molar-refractivity contribution in [2.75, 3.05) is 13.1 Å². The van der Waals surface area contributed by atoms with Crippen LogP contribution in [0.5, 0.6) is 0 Å². The number of unbranched alkanes of at least 4 members (excludes halogenated alkanes) is 3. The van der Waals surface area contributed by atoms with Gasteiger partial charge in [-0.15, -0.1) is 0 Å². The maximum atomic E-state index is 3.39. The molecule has 2 nitrogen and oxygen atoms in total. The van der Waals surface area contributed by atoms with Crippen molar-refractivity contribution in [3.05, 3.63) is 6.42 Å². The van der Waals surface area contributed by atoms with Crippen molar-refractivity contribution < 1.29 is 0 Å². The van der Waals surface area contributed by atoms with E-state index in [1.165, 1.54) is 25.7 Å². The van der Waals surface area contributed by atoms with E-state index in [9.17, 15) is 0 Å². The minimum Gasteiger partial charge on any atom is -0.301 e. The molecule has 0 spiro atoms. The van der Waals surface area contributed by atoms with Crippen LogP contribution >= 0.6 is 0 Å². The lowest BCUT2D eigenvalue weighted by Gasteiger charge is -2.09. The summed E-state index contributed by atoms with van der Waals surface area (Å²) in [5, 5.41) is 6.78. The summed E-state index contributed by atoms with van der Waals surface area (Å²) < 4.78 is 0. The highest BCUT2D eigenvalue weighted by Crippen LogP contribution is 2.03. The molecule has 1 heterocycles.